The Labute approximate surface area is 184 Å². The van der Waals surface area contributed by atoms with Crippen LogP contribution in [0.3, 0.4) is 0 Å². The molecule has 0 bridgehead atoms. The van der Waals surface area contributed by atoms with E-state index < -0.39 is 22.8 Å². The predicted molar refractivity (Wildman–Crippen MR) is 117 cm³/mol. The number of nitrogens with one attached hydrogen (secondary N) is 2. The van der Waals surface area contributed by atoms with E-state index in [1.807, 2.05) is 42.5 Å². The highest BCUT2D eigenvalue weighted by Gasteiger charge is 2.16. The topological polar surface area (TPSA) is 120 Å². The molecule has 0 aliphatic rings. The fraction of sp³-hybridized carbons (Fsp3) is 0.130. The van der Waals surface area contributed by atoms with Gasteiger partial charge in [0, 0.05) is 17.7 Å². The summed E-state index contributed by atoms with van der Waals surface area (Å²) in [6, 6.07) is 22.3. The second kappa shape index (κ2) is 10.6. The van der Waals surface area contributed by atoms with Crippen molar-refractivity contribution < 1.29 is 24.0 Å². The van der Waals surface area contributed by atoms with Crippen molar-refractivity contribution in [1.82, 2.24) is 10.9 Å². The van der Waals surface area contributed by atoms with Gasteiger partial charge in [-0.3, -0.25) is 30.6 Å². The number of nitro groups is 1. The first-order valence-corrected chi connectivity index (χ1v) is 9.71. The Bertz CT molecular complexity index is 1090. The van der Waals surface area contributed by atoms with Crippen LogP contribution in [0.4, 0.5) is 5.69 Å². The van der Waals surface area contributed by atoms with Gasteiger partial charge in [0.05, 0.1) is 4.92 Å². The van der Waals surface area contributed by atoms with E-state index in [1.165, 1.54) is 31.2 Å². The van der Waals surface area contributed by atoms with Gasteiger partial charge in [-0.05, 0) is 30.7 Å². The van der Waals surface area contributed by atoms with E-state index in [2.05, 4.69) is 10.9 Å². The maximum absolute atomic E-state index is 12.1. The van der Waals surface area contributed by atoms with E-state index in [0.717, 1.165) is 11.1 Å². The molecule has 2 amide bonds. The minimum absolute atomic E-state index is 0.0874. The molecule has 2 N–H and O–H groups in total. The lowest BCUT2D eigenvalue weighted by atomic mass is 10.1. The van der Waals surface area contributed by atoms with Gasteiger partial charge >= 0.3 is 0 Å². The summed E-state index contributed by atoms with van der Waals surface area (Å²) in [7, 11) is 0. The molecule has 9 nitrogen and oxygen atoms in total. The van der Waals surface area contributed by atoms with Crippen LogP contribution in [0.2, 0.25) is 0 Å². The Morgan fingerprint density at radius 1 is 0.938 bits per heavy atom. The number of hydrogen-bond donors (Lipinski definition) is 2. The molecule has 0 saturated carbocycles. The maximum Gasteiger partial charge on any atom is 0.279 e. The Morgan fingerprint density at radius 2 is 1.59 bits per heavy atom. The minimum atomic E-state index is -0.948. The van der Waals surface area contributed by atoms with Gasteiger partial charge in [0.2, 0.25) is 0 Å². The molecule has 0 spiro atoms. The molecule has 0 aliphatic heterocycles. The van der Waals surface area contributed by atoms with Gasteiger partial charge in [0.25, 0.3) is 17.5 Å². The monoisotopic (exact) mass is 435 g/mol. The first kappa shape index (κ1) is 22.3. The molecule has 1 unspecified atom stereocenters. The fourth-order valence-corrected chi connectivity index (χ4v) is 2.77. The molecule has 32 heavy (non-hydrogen) atoms. The number of amides is 2. The normalized spacial score (nSPS) is 11.2. The number of benzene rings is 3. The summed E-state index contributed by atoms with van der Waals surface area (Å²) in [4.78, 5) is 34.4. The number of ether oxygens (including phenoxy) is 2. The number of hydrogen-bond acceptors (Lipinski definition) is 6. The van der Waals surface area contributed by atoms with Gasteiger partial charge in [-0.15, -0.1) is 0 Å². The number of hydrazine groups is 1. The first-order valence-electron chi connectivity index (χ1n) is 9.71. The van der Waals surface area contributed by atoms with Gasteiger partial charge < -0.3 is 9.47 Å². The van der Waals surface area contributed by atoms with Crippen LogP contribution in [0.5, 0.6) is 11.5 Å². The van der Waals surface area contributed by atoms with Crippen molar-refractivity contribution in [3.63, 3.8) is 0 Å². The number of para-hydroxylation sites is 1. The highest BCUT2D eigenvalue weighted by atomic mass is 16.6. The number of carbonyl (C=O) groups is 2. The first-order chi connectivity index (χ1) is 15.4. The third-order valence-electron chi connectivity index (χ3n) is 4.39. The number of non-ortho nitro benzene ring substituents is 1. The highest BCUT2D eigenvalue weighted by molar-refractivity contribution is 5.85. The van der Waals surface area contributed by atoms with E-state index in [4.69, 9.17) is 9.47 Å². The highest BCUT2D eigenvalue weighted by Crippen LogP contribution is 2.29. The van der Waals surface area contributed by atoms with E-state index in [9.17, 15) is 19.7 Å². The van der Waals surface area contributed by atoms with Crippen LogP contribution >= 0.6 is 0 Å². The van der Waals surface area contributed by atoms with Crippen LogP contribution < -0.4 is 20.3 Å². The second-order valence-electron chi connectivity index (χ2n) is 6.70. The summed E-state index contributed by atoms with van der Waals surface area (Å²) < 4.78 is 11.0. The van der Waals surface area contributed by atoms with E-state index in [0.29, 0.717) is 5.75 Å². The molecule has 0 aliphatic carbocycles. The molecule has 3 aromatic rings. The minimum Gasteiger partial charge on any atom is -0.483 e. The molecule has 0 fully saturated rings. The third kappa shape index (κ3) is 6.05. The summed E-state index contributed by atoms with van der Waals surface area (Å²) >= 11 is 0. The second-order valence-corrected chi connectivity index (χ2v) is 6.70. The molecule has 0 radical (unpaired) electrons. The molecular weight excluding hydrogens is 414 g/mol. The van der Waals surface area contributed by atoms with Crippen molar-refractivity contribution in [2.45, 2.75) is 13.0 Å². The molecule has 3 rings (SSSR count). The Balaban J connectivity index is 1.48. The Morgan fingerprint density at radius 3 is 2.28 bits per heavy atom. The Hall–Kier alpha value is -4.40. The molecule has 1 atom stereocenters. The number of carbonyl (C=O) groups excluding carboxylic acids is 2. The molecule has 3 aromatic carbocycles. The smallest absolute Gasteiger partial charge is 0.279 e. The average molecular weight is 435 g/mol. The maximum atomic E-state index is 12.1. The van der Waals surface area contributed by atoms with E-state index >= 15 is 0 Å². The van der Waals surface area contributed by atoms with Crippen LogP contribution in [0.25, 0.3) is 11.1 Å². The number of rotatable bonds is 8. The standard InChI is InChI=1S/C23H21N3O6/c1-16(32-19-13-11-18(12-14-19)26(29)30)23(28)25-24-22(27)15-31-21-10-6-5-9-20(21)17-7-3-2-4-8-17/h2-14,16H,15H2,1H3,(H,24,27)(H,25,28). The average Bonchev–Trinajstić information content (AvgIpc) is 2.82. The van der Waals surface area contributed by atoms with Crippen LogP contribution in [0.1, 0.15) is 6.92 Å². The summed E-state index contributed by atoms with van der Waals surface area (Å²) in [5, 5.41) is 10.7. The fourth-order valence-electron chi connectivity index (χ4n) is 2.77. The van der Waals surface area contributed by atoms with Crippen molar-refractivity contribution in [3.05, 3.63) is 89.0 Å². The Kier molecular flexibility index (Phi) is 7.37. The van der Waals surface area contributed by atoms with Crippen LogP contribution in [-0.4, -0.2) is 29.4 Å². The molecule has 0 aromatic heterocycles. The van der Waals surface area contributed by atoms with E-state index in [1.54, 1.807) is 12.1 Å². The van der Waals surface area contributed by atoms with Crippen molar-refractivity contribution >= 4 is 17.5 Å². The third-order valence-corrected chi connectivity index (χ3v) is 4.39. The summed E-state index contributed by atoms with van der Waals surface area (Å²) in [6.07, 6.45) is -0.948. The summed E-state index contributed by atoms with van der Waals surface area (Å²) in [6.45, 7) is 1.18. The quantitative estimate of drug-likeness (QED) is 0.414. The van der Waals surface area contributed by atoms with Gasteiger partial charge in [-0.2, -0.15) is 0 Å². The zero-order valence-electron chi connectivity index (χ0n) is 17.2. The summed E-state index contributed by atoms with van der Waals surface area (Å²) in [5.41, 5.74) is 6.24. The van der Waals surface area contributed by atoms with Crippen LogP contribution in [0.15, 0.2) is 78.9 Å². The molecule has 0 heterocycles. The molecule has 164 valence electrons. The molecular formula is C23H21N3O6. The van der Waals surface area contributed by atoms with Crippen molar-refractivity contribution in [2.75, 3.05) is 6.61 Å². The van der Waals surface area contributed by atoms with E-state index in [-0.39, 0.29) is 18.0 Å². The largest absolute Gasteiger partial charge is 0.483 e. The zero-order chi connectivity index (χ0) is 22.9. The zero-order valence-corrected chi connectivity index (χ0v) is 17.2. The van der Waals surface area contributed by atoms with Crippen molar-refractivity contribution in [1.29, 1.82) is 0 Å². The van der Waals surface area contributed by atoms with Gasteiger partial charge in [-0.1, -0.05) is 48.5 Å². The van der Waals surface area contributed by atoms with Gasteiger partial charge in [-0.25, -0.2) is 0 Å². The lowest BCUT2D eigenvalue weighted by Crippen LogP contribution is -2.48. The van der Waals surface area contributed by atoms with Gasteiger partial charge in [0.15, 0.2) is 12.7 Å². The number of nitrogens with zero attached hydrogens (tertiary/aromatic N) is 1. The van der Waals surface area contributed by atoms with Crippen molar-refractivity contribution in [3.8, 4) is 22.6 Å². The SMILES string of the molecule is CC(Oc1ccc([N+](=O)[O-])cc1)C(=O)NNC(=O)COc1ccccc1-c1ccccc1. The van der Waals surface area contributed by atoms with Gasteiger partial charge in [0.1, 0.15) is 11.5 Å². The lowest BCUT2D eigenvalue weighted by molar-refractivity contribution is -0.384. The lowest BCUT2D eigenvalue weighted by Gasteiger charge is -2.15. The van der Waals surface area contributed by atoms with Crippen LogP contribution in [-0.2, 0) is 9.59 Å². The molecule has 9 heteroatoms. The predicted octanol–water partition coefficient (Wildman–Crippen LogP) is 3.26. The van der Waals surface area contributed by atoms with Crippen LogP contribution in [0, 0.1) is 10.1 Å². The summed E-state index contributed by atoms with van der Waals surface area (Å²) in [5.74, 6) is -0.328. The molecule has 0 saturated heterocycles. The number of nitro benzene ring substituents is 1. The van der Waals surface area contributed by atoms with Crippen molar-refractivity contribution in [2.24, 2.45) is 0 Å².